The second-order valence-electron chi connectivity index (χ2n) is 5.05. The van der Waals surface area contributed by atoms with Crippen molar-refractivity contribution in [3.63, 3.8) is 0 Å². The molecule has 2 aliphatic rings. The van der Waals surface area contributed by atoms with Gasteiger partial charge >= 0.3 is 0 Å². The number of hydrogen-bond donors (Lipinski definition) is 0. The molecule has 0 radical (unpaired) electrons. The third-order valence-corrected chi connectivity index (χ3v) is 3.90. The molecule has 2 fully saturated rings. The van der Waals surface area contributed by atoms with E-state index in [4.69, 9.17) is 9.47 Å². The van der Waals surface area contributed by atoms with Crippen molar-refractivity contribution in [3.8, 4) is 0 Å². The maximum absolute atomic E-state index is 5.74. The van der Waals surface area contributed by atoms with Crippen LogP contribution in [-0.4, -0.2) is 48.5 Å². The average molecular weight is 248 g/mol. The van der Waals surface area contributed by atoms with Crippen LogP contribution in [0, 0.1) is 0 Å². The third-order valence-electron chi connectivity index (χ3n) is 3.90. The second-order valence-corrected chi connectivity index (χ2v) is 5.05. The molecular weight excluding hydrogens is 228 g/mol. The van der Waals surface area contributed by atoms with E-state index in [1.54, 1.807) is 0 Å². The number of aromatic nitrogens is 1. The number of piperidine rings is 1. The summed E-state index contributed by atoms with van der Waals surface area (Å²) in [5.74, 6) is -0.243. The molecule has 0 atom stereocenters. The van der Waals surface area contributed by atoms with E-state index >= 15 is 0 Å². The van der Waals surface area contributed by atoms with E-state index in [2.05, 4.69) is 22.0 Å². The highest BCUT2D eigenvalue weighted by Gasteiger charge is 2.39. The summed E-state index contributed by atoms with van der Waals surface area (Å²) in [7, 11) is 0. The molecular formula is C14H20N2O2. The van der Waals surface area contributed by atoms with Gasteiger partial charge in [-0.2, -0.15) is 0 Å². The number of nitrogens with zero attached hydrogens (tertiary/aromatic N) is 2. The molecule has 0 N–H and O–H groups in total. The number of pyridine rings is 1. The highest BCUT2D eigenvalue weighted by molar-refractivity contribution is 5.09. The lowest BCUT2D eigenvalue weighted by atomic mass is 10.0. The molecule has 0 aromatic carbocycles. The summed E-state index contributed by atoms with van der Waals surface area (Å²) in [6.45, 7) is 4.78. The number of ether oxygens (including phenoxy) is 2. The minimum atomic E-state index is -0.243. The predicted octanol–water partition coefficient (Wildman–Crippen LogP) is 1.46. The lowest BCUT2D eigenvalue weighted by molar-refractivity contribution is -0.185. The third kappa shape index (κ3) is 2.71. The van der Waals surface area contributed by atoms with Crippen LogP contribution in [0.5, 0.6) is 0 Å². The first kappa shape index (κ1) is 12.1. The zero-order valence-corrected chi connectivity index (χ0v) is 10.7. The van der Waals surface area contributed by atoms with Crippen LogP contribution in [0.25, 0.3) is 0 Å². The summed E-state index contributed by atoms with van der Waals surface area (Å²) >= 11 is 0. The highest BCUT2D eigenvalue weighted by atomic mass is 16.7. The Hall–Kier alpha value is -0.970. The van der Waals surface area contributed by atoms with E-state index in [-0.39, 0.29) is 5.79 Å². The first-order chi connectivity index (χ1) is 8.86. The van der Waals surface area contributed by atoms with E-state index < -0.39 is 0 Å². The molecule has 0 aliphatic carbocycles. The fourth-order valence-electron chi connectivity index (χ4n) is 2.74. The topological polar surface area (TPSA) is 34.6 Å². The van der Waals surface area contributed by atoms with Crippen LogP contribution in [-0.2, 0) is 15.9 Å². The maximum Gasteiger partial charge on any atom is 0.170 e. The van der Waals surface area contributed by atoms with Gasteiger partial charge in [0.15, 0.2) is 5.79 Å². The van der Waals surface area contributed by atoms with Crippen LogP contribution < -0.4 is 0 Å². The molecule has 0 bridgehead atoms. The summed E-state index contributed by atoms with van der Waals surface area (Å²) in [5.41, 5.74) is 1.36. The van der Waals surface area contributed by atoms with Gasteiger partial charge in [-0.25, -0.2) is 0 Å². The number of likely N-dealkylation sites (tertiary alicyclic amines) is 1. The minimum absolute atomic E-state index is 0.243. The van der Waals surface area contributed by atoms with E-state index in [1.165, 1.54) is 5.56 Å². The van der Waals surface area contributed by atoms with Crippen LogP contribution in [0.15, 0.2) is 24.5 Å². The first-order valence-corrected chi connectivity index (χ1v) is 6.76. The summed E-state index contributed by atoms with van der Waals surface area (Å²) in [6.07, 6.45) is 6.82. The molecule has 0 saturated carbocycles. The fourth-order valence-corrected chi connectivity index (χ4v) is 2.74. The van der Waals surface area contributed by atoms with E-state index in [0.717, 1.165) is 52.1 Å². The van der Waals surface area contributed by atoms with Crippen LogP contribution in [0.4, 0.5) is 0 Å². The van der Waals surface area contributed by atoms with E-state index in [9.17, 15) is 0 Å². The van der Waals surface area contributed by atoms with Gasteiger partial charge in [0.2, 0.25) is 0 Å². The molecule has 98 valence electrons. The fraction of sp³-hybridized carbons (Fsp3) is 0.643. The Balaban J connectivity index is 1.46. The Morgan fingerprint density at radius 2 is 1.78 bits per heavy atom. The number of rotatable bonds is 3. The quantitative estimate of drug-likeness (QED) is 0.811. The van der Waals surface area contributed by atoms with Gasteiger partial charge in [-0.1, -0.05) is 0 Å². The molecule has 2 saturated heterocycles. The zero-order valence-electron chi connectivity index (χ0n) is 10.7. The molecule has 1 spiro atoms. The Kier molecular flexibility index (Phi) is 3.59. The molecule has 1 aromatic heterocycles. The van der Waals surface area contributed by atoms with E-state index in [1.807, 2.05) is 12.4 Å². The Labute approximate surface area is 108 Å². The lowest BCUT2D eigenvalue weighted by Crippen LogP contribution is -2.45. The summed E-state index contributed by atoms with van der Waals surface area (Å²) < 4.78 is 11.5. The Morgan fingerprint density at radius 1 is 1.11 bits per heavy atom. The molecule has 18 heavy (non-hydrogen) atoms. The van der Waals surface area contributed by atoms with Crippen molar-refractivity contribution in [1.29, 1.82) is 0 Å². The van der Waals surface area contributed by atoms with Crippen LogP contribution in [0.3, 0.4) is 0 Å². The van der Waals surface area contributed by atoms with Gasteiger partial charge in [0.1, 0.15) is 0 Å². The largest absolute Gasteiger partial charge is 0.347 e. The Bertz CT molecular complexity index is 367. The average Bonchev–Trinajstić information content (AvgIpc) is 2.88. The molecule has 0 unspecified atom stereocenters. The monoisotopic (exact) mass is 248 g/mol. The van der Waals surface area contributed by atoms with Crippen molar-refractivity contribution in [3.05, 3.63) is 30.1 Å². The first-order valence-electron chi connectivity index (χ1n) is 6.76. The molecule has 3 rings (SSSR count). The summed E-state index contributed by atoms with van der Waals surface area (Å²) in [6, 6.07) is 4.18. The van der Waals surface area contributed by atoms with Gasteiger partial charge in [-0.15, -0.1) is 0 Å². The van der Waals surface area contributed by atoms with Crippen LogP contribution in [0.1, 0.15) is 18.4 Å². The minimum Gasteiger partial charge on any atom is -0.347 e. The molecule has 0 amide bonds. The predicted molar refractivity (Wildman–Crippen MR) is 68.3 cm³/mol. The van der Waals surface area contributed by atoms with Crippen LogP contribution >= 0.6 is 0 Å². The smallest absolute Gasteiger partial charge is 0.170 e. The van der Waals surface area contributed by atoms with Gasteiger partial charge in [-0.3, -0.25) is 4.98 Å². The number of hydrogen-bond acceptors (Lipinski definition) is 4. The standard InChI is InChI=1S/C14H20N2O2/c1-6-15-7-2-13(1)3-8-16-9-4-14(5-10-16)17-11-12-18-14/h1-2,6-7H,3-5,8-12H2. The summed E-state index contributed by atoms with van der Waals surface area (Å²) in [5, 5.41) is 0. The van der Waals surface area contributed by atoms with Crippen molar-refractivity contribution in [2.45, 2.75) is 25.0 Å². The molecule has 4 heteroatoms. The normalized spacial score (nSPS) is 23.6. The molecule has 1 aromatic rings. The second kappa shape index (κ2) is 5.34. The lowest BCUT2D eigenvalue weighted by Gasteiger charge is -2.37. The molecule has 4 nitrogen and oxygen atoms in total. The van der Waals surface area contributed by atoms with E-state index in [0.29, 0.717) is 0 Å². The Morgan fingerprint density at radius 3 is 2.44 bits per heavy atom. The van der Waals surface area contributed by atoms with Gasteiger partial charge in [-0.05, 0) is 24.1 Å². The molecule has 2 aliphatic heterocycles. The van der Waals surface area contributed by atoms with Crippen molar-refractivity contribution in [2.24, 2.45) is 0 Å². The van der Waals surface area contributed by atoms with Gasteiger partial charge in [0, 0.05) is 44.9 Å². The van der Waals surface area contributed by atoms with Crippen molar-refractivity contribution >= 4 is 0 Å². The summed E-state index contributed by atoms with van der Waals surface area (Å²) in [4.78, 5) is 6.54. The maximum atomic E-state index is 5.74. The SMILES string of the molecule is c1cc(CCN2CCC3(CC2)OCCO3)ccn1. The highest BCUT2D eigenvalue weighted by Crippen LogP contribution is 2.31. The zero-order chi connectivity index (χ0) is 12.3. The van der Waals surface area contributed by atoms with Crippen molar-refractivity contribution in [2.75, 3.05) is 32.8 Å². The van der Waals surface area contributed by atoms with Gasteiger partial charge in [0.25, 0.3) is 0 Å². The van der Waals surface area contributed by atoms with Crippen molar-refractivity contribution < 1.29 is 9.47 Å². The molecule has 3 heterocycles. The van der Waals surface area contributed by atoms with Gasteiger partial charge in [0.05, 0.1) is 13.2 Å². The van der Waals surface area contributed by atoms with Crippen molar-refractivity contribution in [1.82, 2.24) is 9.88 Å². The van der Waals surface area contributed by atoms with Crippen LogP contribution in [0.2, 0.25) is 0 Å². The van der Waals surface area contributed by atoms with Gasteiger partial charge < -0.3 is 14.4 Å².